The van der Waals surface area contributed by atoms with E-state index in [0.29, 0.717) is 5.56 Å². The molecule has 0 aliphatic carbocycles. The minimum atomic E-state index is -0.0351. The Labute approximate surface area is 156 Å². The normalized spacial score (nSPS) is 16.2. The average Bonchev–Trinajstić information content (AvgIpc) is 2.69. The molecule has 1 aliphatic heterocycles. The number of nitrogens with zero attached hydrogens (tertiary/aromatic N) is 1. The van der Waals surface area contributed by atoms with Crippen molar-refractivity contribution in [3.8, 4) is 0 Å². The first-order valence-corrected chi connectivity index (χ1v) is 9.42. The van der Waals surface area contributed by atoms with E-state index < -0.39 is 0 Å². The molecule has 1 aliphatic rings. The quantitative estimate of drug-likeness (QED) is 0.867. The fraction of sp³-hybridized carbons (Fsp3) is 0.409. The minimum Gasteiger partial charge on any atom is -0.379 e. The van der Waals surface area contributed by atoms with Gasteiger partial charge in [-0.15, -0.1) is 0 Å². The molecule has 1 fully saturated rings. The van der Waals surface area contributed by atoms with Crippen LogP contribution in [-0.4, -0.2) is 43.7 Å². The van der Waals surface area contributed by atoms with Gasteiger partial charge in [0, 0.05) is 25.2 Å². The second-order valence-electron chi connectivity index (χ2n) is 6.90. The number of benzene rings is 2. The Hall–Kier alpha value is -2.17. The van der Waals surface area contributed by atoms with Crippen LogP contribution < -0.4 is 5.32 Å². The summed E-state index contributed by atoms with van der Waals surface area (Å²) in [6, 6.07) is 16.3. The highest BCUT2D eigenvalue weighted by Crippen LogP contribution is 2.17. The van der Waals surface area contributed by atoms with E-state index in [-0.39, 0.29) is 11.9 Å². The molecule has 2 aromatic carbocycles. The maximum atomic E-state index is 12.8. The standard InChI is InChI=1S/C22H28N2O2/c1-3-18-6-10-20(11-7-18)22(25)23-21(16-24-12-14-26-15-13-24)19-8-4-17(2)5-9-19/h4-11,21H,3,12-16H2,1-2H3,(H,23,25). The Bertz CT molecular complexity index is 704. The van der Waals surface area contributed by atoms with Gasteiger partial charge in [-0.1, -0.05) is 48.9 Å². The summed E-state index contributed by atoms with van der Waals surface area (Å²) in [6.45, 7) is 8.32. The first kappa shape index (κ1) is 18.6. The lowest BCUT2D eigenvalue weighted by Gasteiger charge is -2.31. The molecule has 0 radical (unpaired) electrons. The van der Waals surface area contributed by atoms with Gasteiger partial charge in [-0.05, 0) is 36.6 Å². The number of nitrogens with one attached hydrogen (secondary N) is 1. The molecule has 0 aromatic heterocycles. The predicted molar refractivity (Wildman–Crippen MR) is 104 cm³/mol. The maximum absolute atomic E-state index is 12.8. The summed E-state index contributed by atoms with van der Waals surface area (Å²) in [6.07, 6.45) is 0.977. The van der Waals surface area contributed by atoms with Crippen molar-refractivity contribution < 1.29 is 9.53 Å². The van der Waals surface area contributed by atoms with E-state index in [9.17, 15) is 4.79 Å². The molecule has 1 amide bonds. The van der Waals surface area contributed by atoms with Crippen molar-refractivity contribution in [2.24, 2.45) is 0 Å². The van der Waals surface area contributed by atoms with Crippen molar-refractivity contribution in [3.63, 3.8) is 0 Å². The first-order valence-electron chi connectivity index (χ1n) is 9.42. The summed E-state index contributed by atoms with van der Waals surface area (Å²) in [5, 5.41) is 3.23. The largest absolute Gasteiger partial charge is 0.379 e. The first-order chi connectivity index (χ1) is 12.7. The number of hydrogen-bond donors (Lipinski definition) is 1. The zero-order chi connectivity index (χ0) is 18.4. The number of aryl methyl sites for hydroxylation is 2. The van der Waals surface area contributed by atoms with Crippen LogP contribution in [0, 0.1) is 6.92 Å². The summed E-state index contributed by atoms with van der Waals surface area (Å²) in [4.78, 5) is 15.1. The SMILES string of the molecule is CCc1ccc(C(=O)NC(CN2CCOCC2)c2ccc(C)cc2)cc1. The van der Waals surface area contributed by atoms with Gasteiger partial charge in [0.15, 0.2) is 0 Å². The van der Waals surface area contributed by atoms with Crippen LogP contribution in [0.15, 0.2) is 48.5 Å². The molecule has 1 atom stereocenters. The monoisotopic (exact) mass is 352 g/mol. The number of carbonyl (C=O) groups excluding carboxylic acids is 1. The van der Waals surface area contributed by atoms with Crippen molar-refractivity contribution in [2.75, 3.05) is 32.8 Å². The van der Waals surface area contributed by atoms with Crippen molar-refractivity contribution in [3.05, 3.63) is 70.8 Å². The van der Waals surface area contributed by atoms with Crippen LogP contribution in [0.3, 0.4) is 0 Å². The molecule has 1 saturated heterocycles. The van der Waals surface area contributed by atoms with Gasteiger partial charge in [0.2, 0.25) is 0 Å². The van der Waals surface area contributed by atoms with Crippen LogP contribution >= 0.6 is 0 Å². The Balaban J connectivity index is 1.74. The van der Waals surface area contributed by atoms with E-state index in [1.54, 1.807) is 0 Å². The topological polar surface area (TPSA) is 41.6 Å². The Morgan fingerprint density at radius 1 is 1.08 bits per heavy atom. The van der Waals surface area contributed by atoms with Crippen molar-refractivity contribution in [1.82, 2.24) is 10.2 Å². The van der Waals surface area contributed by atoms with Crippen molar-refractivity contribution in [1.29, 1.82) is 0 Å². The second-order valence-corrected chi connectivity index (χ2v) is 6.90. The van der Waals surface area contributed by atoms with E-state index in [1.165, 1.54) is 11.1 Å². The molecule has 1 heterocycles. The molecule has 1 N–H and O–H groups in total. The number of rotatable bonds is 6. The third-order valence-electron chi connectivity index (χ3n) is 4.95. The molecular weight excluding hydrogens is 324 g/mol. The van der Waals surface area contributed by atoms with Gasteiger partial charge in [0.25, 0.3) is 5.91 Å². The van der Waals surface area contributed by atoms with Crippen molar-refractivity contribution in [2.45, 2.75) is 26.3 Å². The lowest BCUT2D eigenvalue weighted by atomic mass is 10.0. The van der Waals surface area contributed by atoms with Crippen LogP contribution in [0.5, 0.6) is 0 Å². The zero-order valence-corrected chi connectivity index (χ0v) is 15.7. The van der Waals surface area contributed by atoms with Gasteiger partial charge in [-0.3, -0.25) is 9.69 Å². The summed E-state index contributed by atoms with van der Waals surface area (Å²) in [5.74, 6) is -0.0218. The molecule has 26 heavy (non-hydrogen) atoms. The predicted octanol–water partition coefficient (Wildman–Crippen LogP) is 3.36. The van der Waals surface area contributed by atoms with Gasteiger partial charge in [-0.2, -0.15) is 0 Å². The van der Waals surface area contributed by atoms with Crippen molar-refractivity contribution >= 4 is 5.91 Å². The number of ether oxygens (including phenoxy) is 1. The van der Waals surface area contributed by atoms with Crippen LogP contribution in [0.4, 0.5) is 0 Å². The Morgan fingerprint density at radius 3 is 2.35 bits per heavy atom. The van der Waals surface area contributed by atoms with Gasteiger partial charge in [-0.25, -0.2) is 0 Å². The molecule has 4 nitrogen and oxygen atoms in total. The summed E-state index contributed by atoms with van der Waals surface area (Å²) in [7, 11) is 0. The third kappa shape index (κ3) is 4.93. The Kier molecular flexibility index (Phi) is 6.42. The molecule has 0 bridgehead atoms. The summed E-state index contributed by atoms with van der Waals surface area (Å²) in [5.41, 5.74) is 4.31. The molecule has 0 spiro atoms. The number of carbonyl (C=O) groups is 1. The van der Waals surface area contributed by atoms with Crippen LogP contribution in [0.2, 0.25) is 0 Å². The Morgan fingerprint density at radius 2 is 1.73 bits per heavy atom. The average molecular weight is 352 g/mol. The van der Waals surface area contributed by atoms with Crippen LogP contribution in [0.1, 0.15) is 40.0 Å². The number of amides is 1. The van der Waals surface area contributed by atoms with Gasteiger partial charge >= 0.3 is 0 Å². The van der Waals surface area contributed by atoms with Gasteiger partial charge in [0.1, 0.15) is 0 Å². The highest BCUT2D eigenvalue weighted by Gasteiger charge is 2.20. The third-order valence-corrected chi connectivity index (χ3v) is 4.95. The number of morpholine rings is 1. The lowest BCUT2D eigenvalue weighted by Crippen LogP contribution is -2.43. The zero-order valence-electron chi connectivity index (χ0n) is 15.7. The molecule has 4 heteroatoms. The van der Waals surface area contributed by atoms with E-state index in [4.69, 9.17) is 4.74 Å². The smallest absolute Gasteiger partial charge is 0.251 e. The fourth-order valence-corrected chi connectivity index (χ4v) is 3.21. The molecule has 138 valence electrons. The van der Waals surface area contributed by atoms with E-state index in [0.717, 1.165) is 44.8 Å². The van der Waals surface area contributed by atoms with Crippen LogP contribution in [-0.2, 0) is 11.2 Å². The number of hydrogen-bond acceptors (Lipinski definition) is 3. The molecule has 3 rings (SSSR count). The molecular formula is C22H28N2O2. The highest BCUT2D eigenvalue weighted by atomic mass is 16.5. The molecule has 1 unspecified atom stereocenters. The fourth-order valence-electron chi connectivity index (χ4n) is 3.21. The van der Waals surface area contributed by atoms with E-state index in [2.05, 4.69) is 48.3 Å². The van der Waals surface area contributed by atoms with E-state index >= 15 is 0 Å². The second kappa shape index (κ2) is 8.97. The summed E-state index contributed by atoms with van der Waals surface area (Å²) < 4.78 is 5.45. The van der Waals surface area contributed by atoms with E-state index in [1.807, 2.05) is 24.3 Å². The van der Waals surface area contributed by atoms with Crippen LogP contribution in [0.25, 0.3) is 0 Å². The minimum absolute atomic E-state index is 0.0218. The molecule has 2 aromatic rings. The molecule has 0 saturated carbocycles. The van der Waals surface area contributed by atoms with Gasteiger partial charge < -0.3 is 10.1 Å². The lowest BCUT2D eigenvalue weighted by molar-refractivity contribution is 0.0332. The maximum Gasteiger partial charge on any atom is 0.251 e. The highest BCUT2D eigenvalue weighted by molar-refractivity contribution is 5.94. The summed E-state index contributed by atoms with van der Waals surface area (Å²) >= 11 is 0. The van der Waals surface area contributed by atoms with Gasteiger partial charge in [0.05, 0.1) is 19.3 Å².